The van der Waals surface area contributed by atoms with Crippen molar-refractivity contribution in [1.29, 1.82) is 0 Å². The molecule has 2 aromatic rings. The summed E-state index contributed by atoms with van der Waals surface area (Å²) in [6, 6.07) is 1.68. The van der Waals surface area contributed by atoms with Crippen LogP contribution in [0.4, 0.5) is 0 Å². The van der Waals surface area contributed by atoms with Crippen LogP contribution in [-0.4, -0.2) is 37.5 Å². The molecule has 0 atom stereocenters. The van der Waals surface area contributed by atoms with Crippen molar-refractivity contribution in [3.05, 3.63) is 52.2 Å². The first-order valence-corrected chi connectivity index (χ1v) is 9.07. The summed E-state index contributed by atoms with van der Waals surface area (Å²) in [5.41, 5.74) is 2.91. The maximum atomic E-state index is 12.2. The molecule has 3 rings (SSSR count). The molecule has 25 heavy (non-hydrogen) atoms. The molecule has 6 nitrogen and oxygen atoms in total. The van der Waals surface area contributed by atoms with Gasteiger partial charge in [-0.05, 0) is 44.7 Å². The Morgan fingerprint density at radius 1 is 1.16 bits per heavy atom. The second-order valence-corrected chi connectivity index (χ2v) is 7.33. The molecule has 0 radical (unpaired) electrons. The lowest BCUT2D eigenvalue weighted by Gasteiger charge is -2.31. The molecule has 0 spiro atoms. The maximum absolute atomic E-state index is 12.2. The molecular weight excluding hydrogens is 314 g/mol. The summed E-state index contributed by atoms with van der Waals surface area (Å²) in [5, 5.41) is 0. The molecule has 0 aromatic carbocycles. The van der Waals surface area contributed by atoms with E-state index in [1.54, 1.807) is 17.0 Å². The van der Waals surface area contributed by atoms with Crippen molar-refractivity contribution in [3.8, 4) is 0 Å². The van der Waals surface area contributed by atoms with E-state index in [-0.39, 0.29) is 11.5 Å². The topological polar surface area (TPSA) is 63.9 Å². The van der Waals surface area contributed by atoms with Gasteiger partial charge in [0.2, 0.25) is 0 Å². The number of hydrogen-bond acceptors (Lipinski definition) is 5. The van der Waals surface area contributed by atoms with Crippen molar-refractivity contribution in [1.82, 2.24) is 24.4 Å². The summed E-state index contributed by atoms with van der Waals surface area (Å²) < 4.78 is 1.76. The Bertz CT molecular complexity index is 745. The number of nitrogens with zero attached hydrogens (tertiary/aromatic N) is 5. The first-order chi connectivity index (χ1) is 12.0. The minimum atomic E-state index is 0.0658. The van der Waals surface area contributed by atoms with Gasteiger partial charge in [-0.3, -0.25) is 24.2 Å². The van der Waals surface area contributed by atoms with Crippen LogP contribution < -0.4 is 5.56 Å². The number of likely N-dealkylation sites (tertiary alicyclic amines) is 1. The van der Waals surface area contributed by atoms with Gasteiger partial charge >= 0.3 is 0 Å². The van der Waals surface area contributed by atoms with Gasteiger partial charge in [0, 0.05) is 31.5 Å². The molecule has 1 aliphatic rings. The predicted molar refractivity (Wildman–Crippen MR) is 97.4 cm³/mol. The molecule has 2 aromatic heterocycles. The van der Waals surface area contributed by atoms with Gasteiger partial charge in [-0.1, -0.05) is 13.8 Å². The Morgan fingerprint density at radius 2 is 1.92 bits per heavy atom. The zero-order chi connectivity index (χ0) is 17.8. The second kappa shape index (κ2) is 7.87. The van der Waals surface area contributed by atoms with E-state index in [1.165, 1.54) is 0 Å². The number of aromatic nitrogens is 4. The van der Waals surface area contributed by atoms with E-state index in [4.69, 9.17) is 0 Å². The predicted octanol–water partition coefficient (Wildman–Crippen LogP) is 2.38. The van der Waals surface area contributed by atoms with Crippen molar-refractivity contribution >= 4 is 0 Å². The summed E-state index contributed by atoms with van der Waals surface area (Å²) >= 11 is 0. The molecule has 1 saturated heterocycles. The minimum absolute atomic E-state index is 0.0658. The standard InChI is InChI=1S/C19H27N5O/c1-14(2)18-8-19(25)24(13-22-18)11-16-4-6-23(7-5-16)12-17-10-20-15(3)9-21-17/h8-10,13-14,16H,4-7,11-12H2,1-3H3. The molecule has 0 unspecified atom stereocenters. The van der Waals surface area contributed by atoms with Gasteiger partial charge < -0.3 is 0 Å². The van der Waals surface area contributed by atoms with Crippen molar-refractivity contribution in [2.75, 3.05) is 13.1 Å². The largest absolute Gasteiger partial charge is 0.299 e. The second-order valence-electron chi connectivity index (χ2n) is 7.33. The van der Waals surface area contributed by atoms with Gasteiger partial charge in [0.05, 0.1) is 23.4 Å². The lowest BCUT2D eigenvalue weighted by atomic mass is 9.96. The van der Waals surface area contributed by atoms with Crippen LogP contribution >= 0.6 is 0 Å². The highest BCUT2D eigenvalue weighted by Crippen LogP contribution is 2.20. The first kappa shape index (κ1) is 17.7. The molecule has 1 aliphatic heterocycles. The fourth-order valence-corrected chi connectivity index (χ4v) is 3.23. The van der Waals surface area contributed by atoms with E-state index in [0.29, 0.717) is 5.92 Å². The molecule has 0 aliphatic carbocycles. The number of aryl methyl sites for hydroxylation is 1. The quantitative estimate of drug-likeness (QED) is 0.835. The SMILES string of the molecule is Cc1cnc(CN2CCC(Cn3cnc(C(C)C)cc3=O)CC2)cn1. The molecule has 1 fully saturated rings. The third-order valence-corrected chi connectivity index (χ3v) is 4.87. The van der Waals surface area contributed by atoms with Gasteiger partial charge in [-0.2, -0.15) is 0 Å². The summed E-state index contributed by atoms with van der Waals surface area (Å²) in [4.78, 5) is 27.8. The van der Waals surface area contributed by atoms with E-state index in [2.05, 4.69) is 33.7 Å². The van der Waals surface area contributed by atoms with Crippen LogP contribution in [0.5, 0.6) is 0 Å². The summed E-state index contributed by atoms with van der Waals surface area (Å²) in [6.45, 7) is 9.75. The van der Waals surface area contributed by atoms with Crippen LogP contribution in [0.3, 0.4) is 0 Å². The maximum Gasteiger partial charge on any atom is 0.253 e. The average molecular weight is 341 g/mol. The van der Waals surface area contributed by atoms with Crippen LogP contribution in [0.2, 0.25) is 0 Å². The van der Waals surface area contributed by atoms with Gasteiger partial charge in [0.25, 0.3) is 5.56 Å². The lowest BCUT2D eigenvalue weighted by molar-refractivity contribution is 0.164. The summed E-state index contributed by atoms with van der Waals surface area (Å²) in [6.07, 6.45) is 7.59. The molecular formula is C19H27N5O. The highest BCUT2D eigenvalue weighted by atomic mass is 16.1. The third kappa shape index (κ3) is 4.72. The smallest absolute Gasteiger partial charge is 0.253 e. The number of piperidine rings is 1. The van der Waals surface area contributed by atoms with Crippen molar-refractivity contribution in [2.45, 2.75) is 52.6 Å². The van der Waals surface area contributed by atoms with Gasteiger partial charge in [0.1, 0.15) is 0 Å². The molecule has 0 N–H and O–H groups in total. The fourth-order valence-electron chi connectivity index (χ4n) is 3.23. The zero-order valence-electron chi connectivity index (χ0n) is 15.4. The van der Waals surface area contributed by atoms with Gasteiger partial charge in [-0.25, -0.2) is 4.98 Å². The van der Waals surface area contributed by atoms with Crippen LogP contribution in [-0.2, 0) is 13.1 Å². The highest BCUT2D eigenvalue weighted by molar-refractivity contribution is 5.04. The summed E-state index contributed by atoms with van der Waals surface area (Å²) in [7, 11) is 0. The van der Waals surface area contributed by atoms with E-state index in [0.717, 1.165) is 56.1 Å². The zero-order valence-corrected chi connectivity index (χ0v) is 15.4. The Balaban J connectivity index is 1.52. The van der Waals surface area contributed by atoms with Gasteiger partial charge in [0.15, 0.2) is 0 Å². The van der Waals surface area contributed by atoms with Crippen molar-refractivity contribution in [2.24, 2.45) is 5.92 Å². The van der Waals surface area contributed by atoms with E-state index in [9.17, 15) is 4.79 Å². The molecule has 6 heteroatoms. The Hall–Kier alpha value is -2.08. The van der Waals surface area contributed by atoms with Crippen molar-refractivity contribution in [3.63, 3.8) is 0 Å². The molecule has 0 bridgehead atoms. The van der Waals surface area contributed by atoms with Crippen LogP contribution in [0.25, 0.3) is 0 Å². The van der Waals surface area contributed by atoms with Crippen molar-refractivity contribution < 1.29 is 0 Å². The first-order valence-electron chi connectivity index (χ1n) is 9.07. The Morgan fingerprint density at radius 3 is 2.52 bits per heavy atom. The Labute approximate surface area is 149 Å². The van der Waals surface area contributed by atoms with E-state index >= 15 is 0 Å². The molecule has 0 amide bonds. The van der Waals surface area contributed by atoms with Crippen LogP contribution in [0.1, 0.15) is 49.7 Å². The number of rotatable bonds is 5. The molecule has 3 heterocycles. The van der Waals surface area contributed by atoms with Crippen LogP contribution in [0.15, 0.2) is 29.6 Å². The van der Waals surface area contributed by atoms with E-state index in [1.807, 2.05) is 19.3 Å². The Kier molecular flexibility index (Phi) is 5.58. The average Bonchev–Trinajstić information content (AvgIpc) is 2.60. The number of hydrogen-bond donors (Lipinski definition) is 0. The normalized spacial score (nSPS) is 16.5. The third-order valence-electron chi connectivity index (χ3n) is 4.87. The van der Waals surface area contributed by atoms with Crippen LogP contribution in [0, 0.1) is 12.8 Å². The summed E-state index contributed by atoms with van der Waals surface area (Å²) in [5.74, 6) is 0.820. The van der Waals surface area contributed by atoms with Gasteiger partial charge in [-0.15, -0.1) is 0 Å². The highest BCUT2D eigenvalue weighted by Gasteiger charge is 2.20. The van der Waals surface area contributed by atoms with E-state index < -0.39 is 0 Å². The molecule has 134 valence electrons. The fraction of sp³-hybridized carbons (Fsp3) is 0.579. The minimum Gasteiger partial charge on any atom is -0.299 e. The monoisotopic (exact) mass is 341 g/mol. The lowest BCUT2D eigenvalue weighted by Crippen LogP contribution is -2.36. The molecule has 0 saturated carbocycles.